The first kappa shape index (κ1) is 24.6. The zero-order valence-electron chi connectivity index (χ0n) is 12.1. The summed E-state index contributed by atoms with van der Waals surface area (Å²) in [6, 6.07) is 0. The van der Waals surface area contributed by atoms with Gasteiger partial charge in [0.15, 0.2) is 0 Å². The molecule has 128 valence electrons. The molecule has 0 rings (SSSR count). The highest BCUT2D eigenvalue weighted by Gasteiger charge is 2.07. The van der Waals surface area contributed by atoms with Crippen LogP contribution in [0.3, 0.4) is 0 Å². The molecule has 0 radical (unpaired) electrons. The largest absolute Gasteiger partial charge is 0.481 e. The molecule has 0 aromatic carbocycles. The first-order valence-corrected chi connectivity index (χ1v) is 5.46. The number of aliphatic carboxylic acids is 5. The molecule has 0 aliphatic heterocycles. The van der Waals surface area contributed by atoms with Gasteiger partial charge in [-0.15, -0.1) is 0 Å². The molecule has 0 aromatic heterocycles. The summed E-state index contributed by atoms with van der Waals surface area (Å²) in [5.74, 6) is -5.89. The molecule has 0 unspecified atom stereocenters. The smallest absolute Gasteiger partial charge is 0.331 e. The lowest BCUT2D eigenvalue weighted by atomic mass is 10.2. The predicted molar refractivity (Wildman–Crippen MR) is 75.9 cm³/mol. The monoisotopic (exact) mass is 332 g/mol. The van der Waals surface area contributed by atoms with E-state index in [4.69, 9.17) is 25.5 Å². The Morgan fingerprint density at radius 3 is 1.17 bits per heavy atom. The summed E-state index contributed by atoms with van der Waals surface area (Å²) in [5.41, 5.74) is -0.127. The van der Waals surface area contributed by atoms with Crippen molar-refractivity contribution in [1.82, 2.24) is 0 Å². The Hall–Kier alpha value is -3.43. The number of hydrogen-bond donors (Lipinski definition) is 5. The van der Waals surface area contributed by atoms with E-state index in [0.717, 1.165) is 0 Å². The van der Waals surface area contributed by atoms with E-state index >= 15 is 0 Å². The molecule has 0 aliphatic rings. The lowest BCUT2D eigenvalue weighted by Gasteiger charge is -1.91. The summed E-state index contributed by atoms with van der Waals surface area (Å²) in [7, 11) is 0. The van der Waals surface area contributed by atoms with Crippen molar-refractivity contribution in [1.29, 1.82) is 0 Å². The molecule has 5 N–H and O–H groups in total. The SMILES string of the molecule is C=C(C)C(=O)O.C=C(CC(=O)O)C(=O)O.O=C(O)/C=C\C(=O)O. The number of carboxylic acid groups (broad SMARTS) is 5. The zero-order valence-corrected chi connectivity index (χ0v) is 12.1. The van der Waals surface area contributed by atoms with E-state index in [9.17, 15) is 24.0 Å². The molecule has 0 amide bonds. The van der Waals surface area contributed by atoms with Gasteiger partial charge in [0.25, 0.3) is 0 Å². The Labute approximate surface area is 130 Å². The summed E-state index contributed by atoms with van der Waals surface area (Å²) in [6.07, 6.45) is 0.611. The second-order valence-electron chi connectivity index (χ2n) is 3.57. The van der Waals surface area contributed by atoms with E-state index < -0.39 is 36.3 Å². The van der Waals surface area contributed by atoms with Crippen molar-refractivity contribution in [2.24, 2.45) is 0 Å². The molecule has 0 aliphatic carbocycles. The molecule has 23 heavy (non-hydrogen) atoms. The maximum absolute atomic E-state index is 9.87. The highest BCUT2D eigenvalue weighted by molar-refractivity contribution is 5.91. The minimum atomic E-state index is -1.27. The van der Waals surface area contributed by atoms with E-state index in [1.165, 1.54) is 6.92 Å². The molecule has 0 fully saturated rings. The minimum absolute atomic E-state index is 0.176. The van der Waals surface area contributed by atoms with Gasteiger partial charge in [0.1, 0.15) is 0 Å². The predicted octanol–water partition coefficient (Wildman–Crippen LogP) is 0.461. The maximum atomic E-state index is 9.87. The van der Waals surface area contributed by atoms with Crippen LogP contribution >= 0.6 is 0 Å². The second kappa shape index (κ2) is 13.5. The normalized spacial score (nSPS) is 8.57. The highest BCUT2D eigenvalue weighted by atomic mass is 16.4. The fourth-order valence-electron chi connectivity index (χ4n) is 0.401. The second-order valence-corrected chi connectivity index (χ2v) is 3.57. The van der Waals surface area contributed by atoms with Crippen LogP contribution in [0.5, 0.6) is 0 Å². The van der Waals surface area contributed by atoms with Crippen molar-refractivity contribution in [2.75, 3.05) is 0 Å². The molecule has 0 spiro atoms. The van der Waals surface area contributed by atoms with Gasteiger partial charge in [-0.3, -0.25) is 4.79 Å². The molecule has 0 saturated heterocycles. The lowest BCUT2D eigenvalue weighted by Crippen LogP contribution is -2.04. The van der Waals surface area contributed by atoms with Crippen molar-refractivity contribution in [3.63, 3.8) is 0 Å². The molecule has 0 heterocycles. The van der Waals surface area contributed by atoms with Crippen molar-refractivity contribution < 1.29 is 49.5 Å². The van der Waals surface area contributed by atoms with Crippen molar-refractivity contribution in [3.05, 3.63) is 36.5 Å². The summed E-state index contributed by atoms with van der Waals surface area (Å²) in [4.78, 5) is 48.4. The first-order chi connectivity index (χ1) is 10.3. The maximum Gasteiger partial charge on any atom is 0.331 e. The van der Waals surface area contributed by atoms with Crippen molar-refractivity contribution in [2.45, 2.75) is 13.3 Å². The Morgan fingerprint density at radius 2 is 1.09 bits per heavy atom. The van der Waals surface area contributed by atoms with Crippen LogP contribution in [0.2, 0.25) is 0 Å². The standard InChI is InChI=1S/C5H6O4.C4H4O4.C4H6O2/c1-3(5(8)9)2-4(6)7;5-3(6)1-2-4(7)8;1-3(2)4(5)6/h1-2H2,(H,6,7)(H,8,9);1-2H,(H,5,6)(H,7,8);1H2,2H3,(H,5,6)/b;2-1-;. The summed E-state index contributed by atoms with van der Waals surface area (Å²) >= 11 is 0. The fraction of sp³-hybridized carbons (Fsp3) is 0.154. The van der Waals surface area contributed by atoms with E-state index in [1.807, 2.05) is 0 Å². The van der Waals surface area contributed by atoms with E-state index in [0.29, 0.717) is 12.2 Å². The van der Waals surface area contributed by atoms with Crippen LogP contribution in [0.1, 0.15) is 13.3 Å². The molecule has 0 atom stereocenters. The number of hydrogen-bond acceptors (Lipinski definition) is 5. The Balaban J connectivity index is -0.000000266. The first-order valence-electron chi connectivity index (χ1n) is 5.46. The molecule has 0 bridgehead atoms. The molecule has 10 heteroatoms. The third-order valence-electron chi connectivity index (χ3n) is 1.40. The third-order valence-corrected chi connectivity index (χ3v) is 1.40. The average Bonchev–Trinajstić information content (AvgIpc) is 2.36. The Kier molecular flexibility index (Phi) is 14.5. The van der Waals surface area contributed by atoms with Crippen LogP contribution in [-0.4, -0.2) is 55.4 Å². The zero-order chi connectivity index (χ0) is 19.2. The van der Waals surface area contributed by atoms with Gasteiger partial charge in [0.2, 0.25) is 0 Å². The van der Waals surface area contributed by atoms with Crippen LogP contribution in [0, 0.1) is 0 Å². The van der Waals surface area contributed by atoms with Gasteiger partial charge < -0.3 is 25.5 Å². The topological polar surface area (TPSA) is 186 Å². The van der Waals surface area contributed by atoms with Crippen LogP contribution in [0.4, 0.5) is 0 Å². The summed E-state index contributed by atoms with van der Waals surface area (Å²) in [6.45, 7) is 7.62. The summed E-state index contributed by atoms with van der Waals surface area (Å²) < 4.78 is 0. The van der Waals surface area contributed by atoms with Crippen molar-refractivity contribution >= 4 is 29.8 Å². The van der Waals surface area contributed by atoms with Gasteiger partial charge in [-0.25, -0.2) is 19.2 Å². The average molecular weight is 332 g/mol. The van der Waals surface area contributed by atoms with Gasteiger partial charge >= 0.3 is 29.8 Å². The van der Waals surface area contributed by atoms with E-state index in [-0.39, 0.29) is 11.1 Å². The molecule has 0 aromatic rings. The Bertz CT molecular complexity index is 499. The van der Waals surface area contributed by atoms with Crippen LogP contribution in [0.15, 0.2) is 36.5 Å². The van der Waals surface area contributed by atoms with Gasteiger partial charge in [0.05, 0.1) is 6.42 Å². The quantitative estimate of drug-likeness (QED) is 0.427. The molecular formula is C13H16O10. The van der Waals surface area contributed by atoms with Gasteiger partial charge in [-0.05, 0) is 6.92 Å². The minimum Gasteiger partial charge on any atom is -0.481 e. The third kappa shape index (κ3) is 27.7. The molecule has 10 nitrogen and oxygen atoms in total. The van der Waals surface area contributed by atoms with Crippen LogP contribution in [-0.2, 0) is 24.0 Å². The number of carbonyl (C=O) groups is 5. The molecular weight excluding hydrogens is 316 g/mol. The number of carboxylic acids is 5. The van der Waals surface area contributed by atoms with Gasteiger partial charge in [0, 0.05) is 23.3 Å². The Morgan fingerprint density at radius 1 is 0.783 bits per heavy atom. The van der Waals surface area contributed by atoms with Gasteiger partial charge in [-0.2, -0.15) is 0 Å². The van der Waals surface area contributed by atoms with Crippen LogP contribution in [0.25, 0.3) is 0 Å². The lowest BCUT2D eigenvalue weighted by molar-refractivity contribution is -0.139. The van der Waals surface area contributed by atoms with Crippen molar-refractivity contribution in [3.8, 4) is 0 Å². The highest BCUT2D eigenvalue weighted by Crippen LogP contribution is 1.95. The van der Waals surface area contributed by atoms with Gasteiger partial charge in [-0.1, -0.05) is 13.2 Å². The fourth-order valence-corrected chi connectivity index (χ4v) is 0.401. The van der Waals surface area contributed by atoms with E-state index in [1.54, 1.807) is 0 Å². The number of rotatable bonds is 6. The molecule has 0 saturated carbocycles. The van der Waals surface area contributed by atoms with Crippen LogP contribution < -0.4 is 0 Å². The summed E-state index contributed by atoms with van der Waals surface area (Å²) in [5, 5.41) is 39.6. The van der Waals surface area contributed by atoms with E-state index in [2.05, 4.69) is 13.2 Å².